The fourth-order valence-electron chi connectivity index (χ4n) is 3.81. The van der Waals surface area contributed by atoms with Gasteiger partial charge < -0.3 is 9.80 Å². The van der Waals surface area contributed by atoms with E-state index < -0.39 is 0 Å². The normalized spacial score (nSPS) is 14.5. The average Bonchev–Trinajstić information content (AvgIpc) is 3.35. The zero-order chi connectivity index (χ0) is 20.7. The predicted octanol–water partition coefficient (Wildman–Crippen LogP) is 3.46. The molecule has 0 bridgehead atoms. The molecule has 0 aliphatic carbocycles. The second-order valence-electron chi connectivity index (χ2n) is 7.49. The Morgan fingerprint density at radius 2 is 1.77 bits per heavy atom. The molecule has 1 aromatic carbocycles. The Labute approximate surface area is 178 Å². The van der Waals surface area contributed by atoms with E-state index in [0.717, 1.165) is 45.5 Å². The number of aryl methyl sites for hydroxylation is 2. The molecule has 7 nitrogen and oxygen atoms in total. The molecule has 152 valence electrons. The van der Waals surface area contributed by atoms with Gasteiger partial charge in [0.25, 0.3) is 5.91 Å². The molecule has 1 amide bonds. The third-order valence-electron chi connectivity index (χ3n) is 5.40. The van der Waals surface area contributed by atoms with E-state index in [1.54, 1.807) is 12.4 Å². The highest BCUT2D eigenvalue weighted by molar-refractivity contribution is 7.20. The Balaban J connectivity index is 1.38. The third-order valence-corrected chi connectivity index (χ3v) is 6.50. The first-order valence-corrected chi connectivity index (χ1v) is 10.8. The lowest BCUT2D eigenvalue weighted by molar-refractivity contribution is 0.0751. The molecule has 0 N–H and O–H groups in total. The third kappa shape index (κ3) is 3.33. The number of nitrogens with zero attached hydrogens (tertiary/aromatic N) is 6. The van der Waals surface area contributed by atoms with Crippen molar-refractivity contribution in [3.63, 3.8) is 0 Å². The van der Waals surface area contributed by atoms with Gasteiger partial charge in [-0.05, 0) is 43.7 Å². The monoisotopic (exact) mass is 418 g/mol. The average molecular weight is 419 g/mol. The van der Waals surface area contributed by atoms with E-state index in [9.17, 15) is 4.79 Å². The molecule has 8 heteroatoms. The summed E-state index contributed by atoms with van der Waals surface area (Å²) in [5, 5.41) is 5.74. The van der Waals surface area contributed by atoms with Crippen molar-refractivity contribution in [1.29, 1.82) is 0 Å². The number of thiophene rings is 1. The molecule has 0 atom stereocenters. The topological polar surface area (TPSA) is 67.2 Å². The Morgan fingerprint density at radius 3 is 2.50 bits per heavy atom. The summed E-state index contributed by atoms with van der Waals surface area (Å²) >= 11 is 1.52. The smallest absolute Gasteiger partial charge is 0.264 e. The molecule has 0 saturated carbocycles. The van der Waals surface area contributed by atoms with Crippen LogP contribution < -0.4 is 4.90 Å². The molecule has 30 heavy (non-hydrogen) atoms. The van der Waals surface area contributed by atoms with Crippen LogP contribution in [0.3, 0.4) is 0 Å². The molecule has 0 radical (unpaired) electrons. The highest BCUT2D eigenvalue weighted by Crippen LogP contribution is 2.31. The zero-order valence-corrected chi connectivity index (χ0v) is 17.8. The van der Waals surface area contributed by atoms with E-state index in [2.05, 4.69) is 33.9 Å². The number of hydrogen-bond acceptors (Lipinski definition) is 6. The number of fused-ring (bicyclic) bond motifs is 1. The minimum atomic E-state index is 0.0834. The van der Waals surface area contributed by atoms with Crippen LogP contribution in [0, 0.1) is 13.8 Å². The Kier molecular flexibility index (Phi) is 4.71. The lowest BCUT2D eigenvalue weighted by Crippen LogP contribution is -2.49. The predicted molar refractivity (Wildman–Crippen MR) is 119 cm³/mol. The number of amides is 1. The molecule has 3 aromatic heterocycles. The van der Waals surface area contributed by atoms with E-state index in [1.165, 1.54) is 16.9 Å². The number of rotatable bonds is 3. The largest absolute Gasteiger partial charge is 0.337 e. The fourth-order valence-corrected chi connectivity index (χ4v) is 4.96. The van der Waals surface area contributed by atoms with Crippen molar-refractivity contribution in [3.8, 4) is 5.69 Å². The van der Waals surface area contributed by atoms with Gasteiger partial charge in [-0.2, -0.15) is 5.10 Å². The molecule has 1 aliphatic rings. The Bertz CT molecular complexity index is 1210. The van der Waals surface area contributed by atoms with Crippen molar-refractivity contribution in [2.75, 3.05) is 31.1 Å². The van der Waals surface area contributed by atoms with Crippen LogP contribution in [0.4, 0.5) is 5.95 Å². The zero-order valence-electron chi connectivity index (χ0n) is 16.9. The van der Waals surface area contributed by atoms with E-state index in [0.29, 0.717) is 13.1 Å². The lowest BCUT2D eigenvalue weighted by atomic mass is 10.2. The molecule has 0 unspecified atom stereocenters. The SMILES string of the molecule is Cc1cccc(-n2nc(C)c3cc(C(=O)N4CCN(c5ncccn5)CC4)sc32)c1. The molecule has 5 rings (SSSR count). The second-order valence-corrected chi connectivity index (χ2v) is 8.52. The maximum atomic E-state index is 13.2. The molecule has 1 aliphatic heterocycles. The van der Waals surface area contributed by atoms with Crippen molar-refractivity contribution in [2.24, 2.45) is 0 Å². The first-order chi connectivity index (χ1) is 14.6. The maximum absolute atomic E-state index is 13.2. The molecule has 1 fully saturated rings. The minimum absolute atomic E-state index is 0.0834. The van der Waals surface area contributed by atoms with Crippen LogP contribution in [0.15, 0.2) is 48.8 Å². The van der Waals surface area contributed by atoms with Crippen LogP contribution in [-0.2, 0) is 0 Å². The quantitative estimate of drug-likeness (QED) is 0.510. The summed E-state index contributed by atoms with van der Waals surface area (Å²) in [5.74, 6) is 0.806. The lowest BCUT2D eigenvalue weighted by Gasteiger charge is -2.34. The van der Waals surface area contributed by atoms with E-state index >= 15 is 0 Å². The van der Waals surface area contributed by atoms with Crippen molar-refractivity contribution < 1.29 is 4.79 Å². The van der Waals surface area contributed by atoms with E-state index in [-0.39, 0.29) is 5.91 Å². The van der Waals surface area contributed by atoms with Crippen LogP contribution in [0.1, 0.15) is 20.9 Å². The summed E-state index contributed by atoms with van der Waals surface area (Å²) < 4.78 is 1.95. The van der Waals surface area contributed by atoms with Gasteiger partial charge in [-0.25, -0.2) is 14.6 Å². The number of anilines is 1. The summed E-state index contributed by atoms with van der Waals surface area (Å²) in [6.45, 7) is 6.85. The standard InChI is InChI=1S/C22H22N6OS/c1-15-5-3-6-17(13-15)28-21-18(16(2)25-28)14-19(30-21)20(29)26-9-11-27(12-10-26)22-23-7-4-8-24-22/h3-8,13-14H,9-12H2,1-2H3. The van der Waals surface area contributed by atoms with Gasteiger partial charge in [0, 0.05) is 44.0 Å². The van der Waals surface area contributed by atoms with Gasteiger partial charge in [-0.1, -0.05) is 12.1 Å². The maximum Gasteiger partial charge on any atom is 0.264 e. The molecule has 0 spiro atoms. The van der Waals surface area contributed by atoms with Gasteiger partial charge in [0.1, 0.15) is 4.83 Å². The molecule has 1 saturated heterocycles. The van der Waals surface area contributed by atoms with Gasteiger partial charge in [0.05, 0.1) is 16.3 Å². The van der Waals surface area contributed by atoms with Crippen molar-refractivity contribution >= 4 is 33.4 Å². The Hall–Kier alpha value is -3.26. The summed E-state index contributed by atoms with van der Waals surface area (Å²) in [7, 11) is 0. The summed E-state index contributed by atoms with van der Waals surface area (Å²) in [6.07, 6.45) is 3.49. The van der Waals surface area contributed by atoms with Gasteiger partial charge in [-0.15, -0.1) is 11.3 Å². The number of benzene rings is 1. The molecular formula is C22H22N6OS. The first kappa shape index (κ1) is 18.7. The first-order valence-electron chi connectivity index (χ1n) is 9.97. The summed E-state index contributed by atoms with van der Waals surface area (Å²) in [4.78, 5) is 27.6. The van der Waals surface area contributed by atoms with Gasteiger partial charge in [0.2, 0.25) is 5.95 Å². The summed E-state index contributed by atoms with van der Waals surface area (Å²) in [6, 6.07) is 12.1. The number of hydrogen-bond donors (Lipinski definition) is 0. The fraction of sp³-hybridized carbons (Fsp3) is 0.273. The highest BCUT2D eigenvalue weighted by Gasteiger charge is 2.26. The van der Waals surface area contributed by atoms with Crippen LogP contribution in [0.25, 0.3) is 15.9 Å². The van der Waals surface area contributed by atoms with E-state index in [4.69, 9.17) is 5.10 Å². The number of carbonyl (C=O) groups excluding carboxylic acids is 1. The minimum Gasteiger partial charge on any atom is -0.337 e. The summed E-state index contributed by atoms with van der Waals surface area (Å²) in [5.41, 5.74) is 3.14. The van der Waals surface area contributed by atoms with Gasteiger partial charge >= 0.3 is 0 Å². The molecule has 4 heterocycles. The van der Waals surface area contributed by atoms with Crippen LogP contribution in [0.5, 0.6) is 0 Å². The number of aromatic nitrogens is 4. The van der Waals surface area contributed by atoms with Crippen molar-refractivity contribution in [3.05, 3.63) is 64.9 Å². The van der Waals surface area contributed by atoms with Crippen LogP contribution >= 0.6 is 11.3 Å². The van der Waals surface area contributed by atoms with Crippen LogP contribution in [0.2, 0.25) is 0 Å². The highest BCUT2D eigenvalue weighted by atomic mass is 32.1. The van der Waals surface area contributed by atoms with Crippen molar-refractivity contribution in [2.45, 2.75) is 13.8 Å². The Morgan fingerprint density at radius 1 is 1.00 bits per heavy atom. The van der Waals surface area contributed by atoms with Gasteiger partial charge in [0.15, 0.2) is 0 Å². The molecule has 4 aromatic rings. The van der Waals surface area contributed by atoms with Crippen LogP contribution in [-0.4, -0.2) is 56.7 Å². The van der Waals surface area contributed by atoms with E-state index in [1.807, 2.05) is 40.8 Å². The van der Waals surface area contributed by atoms with Crippen molar-refractivity contribution in [1.82, 2.24) is 24.6 Å². The second kappa shape index (κ2) is 7.53. The number of piperazine rings is 1. The molecular weight excluding hydrogens is 396 g/mol. The number of carbonyl (C=O) groups is 1. The van der Waals surface area contributed by atoms with Gasteiger partial charge in [-0.3, -0.25) is 4.79 Å².